The second-order valence-corrected chi connectivity index (χ2v) is 3.02. The molecule has 4 N–H and O–H groups in total. The first-order valence-electron chi connectivity index (χ1n) is 4.47. The molecule has 0 saturated heterocycles. The molecular formula is C11H13N3O. The van der Waals surface area contributed by atoms with Crippen LogP contribution in [0.1, 0.15) is 10.4 Å². The summed E-state index contributed by atoms with van der Waals surface area (Å²) in [4.78, 5) is 10.8. The van der Waals surface area contributed by atoms with Gasteiger partial charge in [-0.25, -0.2) is 0 Å². The molecule has 0 heterocycles. The van der Waals surface area contributed by atoms with Crippen LogP contribution in [0.25, 0.3) is 0 Å². The second-order valence-electron chi connectivity index (χ2n) is 3.02. The molecule has 78 valence electrons. The van der Waals surface area contributed by atoms with E-state index in [0.29, 0.717) is 17.8 Å². The molecule has 0 unspecified atom stereocenters. The van der Waals surface area contributed by atoms with Gasteiger partial charge in [-0.1, -0.05) is 6.58 Å². The average molecular weight is 203 g/mol. The van der Waals surface area contributed by atoms with Gasteiger partial charge in [-0.2, -0.15) is 0 Å². The average Bonchev–Trinajstić information content (AvgIpc) is 2.26. The van der Waals surface area contributed by atoms with Crippen LogP contribution in [0.15, 0.2) is 36.9 Å². The number of hydrogen-bond acceptors (Lipinski definition) is 3. The number of amides is 1. The van der Waals surface area contributed by atoms with E-state index in [4.69, 9.17) is 11.1 Å². The number of anilines is 1. The van der Waals surface area contributed by atoms with E-state index in [1.807, 2.05) is 0 Å². The topological polar surface area (TPSA) is 79.0 Å². The number of rotatable bonds is 5. The summed E-state index contributed by atoms with van der Waals surface area (Å²) >= 11 is 0. The molecule has 0 aliphatic carbocycles. The van der Waals surface area contributed by atoms with Gasteiger partial charge in [0.15, 0.2) is 0 Å². The lowest BCUT2D eigenvalue weighted by Gasteiger charge is -2.05. The van der Waals surface area contributed by atoms with E-state index in [-0.39, 0.29) is 0 Å². The minimum absolute atomic E-state index is 0.411. The molecule has 0 fully saturated rings. The van der Waals surface area contributed by atoms with E-state index in [1.165, 1.54) is 6.08 Å². The zero-order valence-corrected chi connectivity index (χ0v) is 8.29. The van der Waals surface area contributed by atoms with Gasteiger partial charge in [0.2, 0.25) is 5.91 Å². The summed E-state index contributed by atoms with van der Waals surface area (Å²) in [6, 6.07) is 6.78. The van der Waals surface area contributed by atoms with Crippen LogP contribution >= 0.6 is 0 Å². The molecule has 0 saturated carbocycles. The lowest BCUT2D eigenvalue weighted by atomic mass is 10.2. The number of benzene rings is 1. The monoisotopic (exact) mass is 203 g/mol. The molecule has 0 radical (unpaired) electrons. The van der Waals surface area contributed by atoms with Gasteiger partial charge < -0.3 is 16.5 Å². The van der Waals surface area contributed by atoms with Crippen LogP contribution in [0.2, 0.25) is 0 Å². The first-order valence-corrected chi connectivity index (χ1v) is 4.47. The number of hydrogen-bond donors (Lipinski definition) is 3. The van der Waals surface area contributed by atoms with Crippen LogP contribution in [-0.4, -0.2) is 18.2 Å². The fourth-order valence-corrected chi connectivity index (χ4v) is 1.02. The summed E-state index contributed by atoms with van der Waals surface area (Å²) in [5.41, 5.74) is 6.82. The van der Waals surface area contributed by atoms with Crippen LogP contribution in [0.3, 0.4) is 0 Å². The van der Waals surface area contributed by atoms with Gasteiger partial charge in [-0.15, -0.1) is 0 Å². The standard InChI is InChI=1S/C11H13N3O/c1-2-9(12)7-14-10-5-3-8(4-6-10)11(13)15/h2-6,12,14H,1,7H2,(H2,13,15). The third-order valence-electron chi connectivity index (χ3n) is 1.90. The van der Waals surface area contributed by atoms with Gasteiger partial charge in [0.1, 0.15) is 0 Å². The van der Waals surface area contributed by atoms with E-state index in [0.717, 1.165) is 5.69 Å². The minimum atomic E-state index is -0.444. The highest BCUT2D eigenvalue weighted by atomic mass is 16.1. The first-order chi connectivity index (χ1) is 7.13. The van der Waals surface area contributed by atoms with E-state index < -0.39 is 5.91 Å². The molecule has 1 amide bonds. The van der Waals surface area contributed by atoms with Crippen molar-refractivity contribution < 1.29 is 4.79 Å². The van der Waals surface area contributed by atoms with E-state index in [9.17, 15) is 4.79 Å². The smallest absolute Gasteiger partial charge is 0.248 e. The van der Waals surface area contributed by atoms with Crippen molar-refractivity contribution in [3.05, 3.63) is 42.5 Å². The molecule has 1 aromatic carbocycles. The Balaban J connectivity index is 2.60. The molecule has 0 aliphatic heterocycles. The van der Waals surface area contributed by atoms with Crippen molar-refractivity contribution in [1.29, 1.82) is 5.41 Å². The van der Waals surface area contributed by atoms with E-state index in [1.54, 1.807) is 24.3 Å². The summed E-state index contributed by atoms with van der Waals surface area (Å²) < 4.78 is 0. The highest BCUT2D eigenvalue weighted by molar-refractivity contribution is 5.95. The highest BCUT2D eigenvalue weighted by Crippen LogP contribution is 2.08. The third-order valence-corrected chi connectivity index (χ3v) is 1.90. The number of carbonyl (C=O) groups is 1. The Hall–Kier alpha value is -2.10. The lowest BCUT2D eigenvalue weighted by Crippen LogP contribution is -2.12. The van der Waals surface area contributed by atoms with Gasteiger partial charge in [0.05, 0.1) is 6.54 Å². The van der Waals surface area contributed by atoms with Crippen LogP contribution in [0, 0.1) is 5.41 Å². The molecule has 1 rings (SSSR count). The molecule has 15 heavy (non-hydrogen) atoms. The Morgan fingerprint density at radius 3 is 2.53 bits per heavy atom. The zero-order chi connectivity index (χ0) is 11.3. The van der Waals surface area contributed by atoms with Crippen LogP contribution in [0.4, 0.5) is 5.69 Å². The number of nitrogens with one attached hydrogen (secondary N) is 2. The summed E-state index contributed by atoms with van der Waals surface area (Å²) in [6.07, 6.45) is 1.48. The van der Waals surface area contributed by atoms with Crippen molar-refractivity contribution in [2.75, 3.05) is 11.9 Å². The van der Waals surface area contributed by atoms with Crippen molar-refractivity contribution >= 4 is 17.3 Å². The van der Waals surface area contributed by atoms with Gasteiger partial charge in [0, 0.05) is 17.0 Å². The molecule has 0 bridgehead atoms. The largest absolute Gasteiger partial charge is 0.379 e. The Labute approximate surface area is 88.3 Å². The molecule has 0 aliphatic rings. The molecule has 0 spiro atoms. The molecule has 1 aromatic rings. The minimum Gasteiger partial charge on any atom is -0.379 e. The first kappa shape index (κ1) is 11.0. The molecule has 4 heteroatoms. The lowest BCUT2D eigenvalue weighted by molar-refractivity contribution is 0.100. The predicted molar refractivity (Wildman–Crippen MR) is 61.4 cm³/mol. The Kier molecular flexibility index (Phi) is 3.62. The quantitative estimate of drug-likeness (QED) is 0.632. The fraction of sp³-hybridized carbons (Fsp3) is 0.0909. The van der Waals surface area contributed by atoms with Crippen molar-refractivity contribution in [3.8, 4) is 0 Å². The van der Waals surface area contributed by atoms with Crippen molar-refractivity contribution in [3.63, 3.8) is 0 Å². The Bertz CT molecular complexity index is 381. The van der Waals surface area contributed by atoms with Gasteiger partial charge in [0.25, 0.3) is 0 Å². The molecular weight excluding hydrogens is 190 g/mol. The maximum atomic E-state index is 10.8. The van der Waals surface area contributed by atoms with Crippen molar-refractivity contribution in [2.45, 2.75) is 0 Å². The maximum absolute atomic E-state index is 10.8. The number of carbonyl (C=O) groups excluding carboxylic acids is 1. The third kappa shape index (κ3) is 3.27. The fourth-order valence-electron chi connectivity index (χ4n) is 1.02. The Morgan fingerprint density at radius 2 is 2.07 bits per heavy atom. The van der Waals surface area contributed by atoms with E-state index >= 15 is 0 Å². The summed E-state index contributed by atoms with van der Waals surface area (Å²) in [6.45, 7) is 3.90. The van der Waals surface area contributed by atoms with Crippen molar-refractivity contribution in [1.82, 2.24) is 0 Å². The molecule has 0 atom stereocenters. The van der Waals surface area contributed by atoms with Gasteiger partial charge in [-0.3, -0.25) is 4.79 Å². The number of nitrogens with two attached hydrogens (primary N) is 1. The van der Waals surface area contributed by atoms with Crippen molar-refractivity contribution in [2.24, 2.45) is 5.73 Å². The van der Waals surface area contributed by atoms with E-state index in [2.05, 4.69) is 11.9 Å². The van der Waals surface area contributed by atoms with Gasteiger partial charge >= 0.3 is 0 Å². The SMILES string of the molecule is C=CC(=N)CNc1ccc(C(N)=O)cc1. The van der Waals surface area contributed by atoms with Gasteiger partial charge in [-0.05, 0) is 30.3 Å². The molecule has 4 nitrogen and oxygen atoms in total. The number of primary amides is 1. The Morgan fingerprint density at radius 1 is 1.47 bits per heavy atom. The van der Waals surface area contributed by atoms with Crippen LogP contribution < -0.4 is 11.1 Å². The maximum Gasteiger partial charge on any atom is 0.248 e. The highest BCUT2D eigenvalue weighted by Gasteiger charge is 1.99. The molecule has 0 aromatic heterocycles. The van der Waals surface area contributed by atoms with Crippen LogP contribution in [0.5, 0.6) is 0 Å². The van der Waals surface area contributed by atoms with Crippen LogP contribution in [-0.2, 0) is 0 Å². The zero-order valence-electron chi connectivity index (χ0n) is 8.29. The summed E-state index contributed by atoms with van der Waals surface area (Å²) in [7, 11) is 0. The normalized spacial score (nSPS) is 9.33. The second kappa shape index (κ2) is 4.95. The summed E-state index contributed by atoms with van der Waals surface area (Å²) in [5, 5.41) is 10.4. The predicted octanol–water partition coefficient (Wildman–Crippen LogP) is 1.40. The summed E-state index contributed by atoms with van der Waals surface area (Å²) in [5.74, 6) is -0.444.